The van der Waals surface area contributed by atoms with Gasteiger partial charge in [-0.15, -0.1) is 0 Å². The fourth-order valence-electron chi connectivity index (χ4n) is 1.15. The van der Waals surface area contributed by atoms with E-state index in [4.69, 9.17) is 9.84 Å². The second-order valence-electron chi connectivity index (χ2n) is 2.80. The van der Waals surface area contributed by atoms with E-state index in [1.54, 1.807) is 11.8 Å². The lowest BCUT2D eigenvalue weighted by Crippen LogP contribution is -2.14. The SMILES string of the molecule is O=C1CSCC1CCOCCO. The van der Waals surface area contributed by atoms with Gasteiger partial charge in [-0.1, -0.05) is 0 Å². The number of ketones is 1. The van der Waals surface area contributed by atoms with Crippen LogP contribution in [-0.2, 0) is 9.53 Å². The molecule has 1 heterocycles. The lowest BCUT2D eigenvalue weighted by Gasteiger charge is -2.06. The number of rotatable bonds is 5. The first-order valence-electron chi connectivity index (χ1n) is 4.13. The van der Waals surface area contributed by atoms with Crippen molar-refractivity contribution < 1.29 is 14.6 Å². The van der Waals surface area contributed by atoms with Gasteiger partial charge in [0.2, 0.25) is 0 Å². The van der Waals surface area contributed by atoms with Crippen LogP contribution >= 0.6 is 11.8 Å². The summed E-state index contributed by atoms with van der Waals surface area (Å²) in [5.41, 5.74) is 0. The van der Waals surface area contributed by atoms with Crippen molar-refractivity contribution in [1.82, 2.24) is 0 Å². The number of aliphatic hydroxyl groups is 1. The van der Waals surface area contributed by atoms with E-state index in [1.165, 1.54) is 0 Å². The number of aliphatic hydroxyl groups excluding tert-OH is 1. The molecule has 1 aliphatic rings. The summed E-state index contributed by atoms with van der Waals surface area (Å²) in [6, 6.07) is 0. The molecule has 0 amide bonds. The van der Waals surface area contributed by atoms with E-state index in [-0.39, 0.29) is 12.5 Å². The molecule has 0 spiro atoms. The predicted octanol–water partition coefficient (Wildman–Crippen LogP) is 0.318. The summed E-state index contributed by atoms with van der Waals surface area (Å²) in [6.07, 6.45) is 0.811. The van der Waals surface area contributed by atoms with E-state index in [2.05, 4.69) is 0 Å². The number of Topliss-reactive ketones (excluding diaryl/α,β-unsaturated/α-hetero) is 1. The summed E-state index contributed by atoms with van der Waals surface area (Å²) in [5, 5.41) is 8.41. The topological polar surface area (TPSA) is 46.5 Å². The standard InChI is InChI=1S/C8H14O3S/c9-2-4-11-3-1-7-5-12-6-8(7)10/h7,9H,1-6H2. The molecular formula is C8H14O3S. The maximum atomic E-state index is 11.1. The Morgan fingerprint density at radius 3 is 3.00 bits per heavy atom. The molecule has 1 N–H and O–H groups in total. The Morgan fingerprint density at radius 2 is 2.42 bits per heavy atom. The predicted molar refractivity (Wildman–Crippen MR) is 48.3 cm³/mol. The summed E-state index contributed by atoms with van der Waals surface area (Å²) in [7, 11) is 0. The van der Waals surface area contributed by atoms with E-state index >= 15 is 0 Å². The number of hydrogen-bond acceptors (Lipinski definition) is 4. The van der Waals surface area contributed by atoms with Gasteiger partial charge in [0.25, 0.3) is 0 Å². The molecule has 1 fully saturated rings. The highest BCUT2D eigenvalue weighted by molar-refractivity contribution is 8.00. The van der Waals surface area contributed by atoms with Crippen LogP contribution in [0.15, 0.2) is 0 Å². The minimum Gasteiger partial charge on any atom is -0.394 e. The smallest absolute Gasteiger partial charge is 0.146 e. The van der Waals surface area contributed by atoms with E-state index in [0.717, 1.165) is 12.2 Å². The Balaban J connectivity index is 2.02. The lowest BCUT2D eigenvalue weighted by atomic mass is 10.1. The van der Waals surface area contributed by atoms with E-state index in [1.807, 2.05) is 0 Å². The molecule has 1 saturated heterocycles. The maximum absolute atomic E-state index is 11.1. The summed E-state index contributed by atoms with van der Waals surface area (Å²) in [4.78, 5) is 11.1. The van der Waals surface area contributed by atoms with Gasteiger partial charge in [0.05, 0.1) is 19.0 Å². The molecule has 1 unspecified atom stereocenters. The quantitative estimate of drug-likeness (QED) is 0.634. The minimum absolute atomic E-state index is 0.0629. The third kappa shape index (κ3) is 3.13. The van der Waals surface area contributed by atoms with Gasteiger partial charge in [0.1, 0.15) is 5.78 Å². The molecule has 0 aliphatic carbocycles. The van der Waals surface area contributed by atoms with Crippen molar-refractivity contribution >= 4 is 17.5 Å². The molecule has 0 bridgehead atoms. The van der Waals surface area contributed by atoms with Crippen molar-refractivity contribution in [1.29, 1.82) is 0 Å². The maximum Gasteiger partial charge on any atom is 0.146 e. The van der Waals surface area contributed by atoms with Gasteiger partial charge in [-0.05, 0) is 6.42 Å². The molecule has 0 aromatic heterocycles. The Hall–Kier alpha value is -0.0600. The average molecular weight is 190 g/mol. The van der Waals surface area contributed by atoms with Crippen molar-refractivity contribution in [2.45, 2.75) is 6.42 Å². The Labute approximate surface area is 76.5 Å². The van der Waals surface area contributed by atoms with Gasteiger partial charge in [0.15, 0.2) is 0 Å². The second-order valence-corrected chi connectivity index (χ2v) is 3.83. The molecule has 0 saturated carbocycles. The molecule has 70 valence electrons. The average Bonchev–Trinajstić information content (AvgIpc) is 2.46. The molecule has 0 radical (unpaired) electrons. The Bertz CT molecular complexity index is 149. The van der Waals surface area contributed by atoms with Crippen LogP contribution in [0.4, 0.5) is 0 Å². The van der Waals surface area contributed by atoms with Gasteiger partial charge in [0, 0.05) is 18.3 Å². The van der Waals surface area contributed by atoms with Crippen molar-refractivity contribution in [2.24, 2.45) is 5.92 Å². The summed E-state index contributed by atoms with van der Waals surface area (Å²) < 4.78 is 5.08. The third-order valence-corrected chi connectivity index (χ3v) is 2.99. The van der Waals surface area contributed by atoms with E-state index < -0.39 is 0 Å². The zero-order valence-electron chi connectivity index (χ0n) is 6.99. The van der Waals surface area contributed by atoms with Crippen LogP contribution in [0, 0.1) is 5.92 Å². The van der Waals surface area contributed by atoms with E-state index in [9.17, 15) is 4.79 Å². The first kappa shape index (κ1) is 10.0. The first-order chi connectivity index (χ1) is 5.84. The van der Waals surface area contributed by atoms with Crippen molar-refractivity contribution in [2.75, 3.05) is 31.3 Å². The molecule has 3 nitrogen and oxygen atoms in total. The van der Waals surface area contributed by atoms with Crippen LogP contribution in [0.1, 0.15) is 6.42 Å². The fraction of sp³-hybridized carbons (Fsp3) is 0.875. The molecule has 1 atom stereocenters. The van der Waals surface area contributed by atoms with Crippen molar-refractivity contribution in [3.05, 3.63) is 0 Å². The third-order valence-electron chi connectivity index (χ3n) is 1.86. The van der Waals surface area contributed by atoms with Gasteiger partial charge >= 0.3 is 0 Å². The molecular weight excluding hydrogens is 176 g/mol. The summed E-state index contributed by atoms with van der Waals surface area (Å²) >= 11 is 1.70. The van der Waals surface area contributed by atoms with Gasteiger partial charge in [-0.2, -0.15) is 11.8 Å². The van der Waals surface area contributed by atoms with Gasteiger partial charge in [-0.25, -0.2) is 0 Å². The fourth-order valence-corrected chi connectivity index (χ4v) is 2.34. The minimum atomic E-state index is 0.0629. The summed E-state index contributed by atoms with van der Waals surface area (Å²) in [6.45, 7) is 1.04. The molecule has 1 aliphatic heterocycles. The highest BCUT2D eigenvalue weighted by atomic mass is 32.2. The van der Waals surface area contributed by atoms with Crippen LogP contribution in [0.5, 0.6) is 0 Å². The van der Waals surface area contributed by atoms with Crippen LogP contribution in [0.2, 0.25) is 0 Å². The number of ether oxygens (including phenoxy) is 1. The molecule has 0 aromatic rings. The van der Waals surface area contributed by atoms with Gasteiger partial charge < -0.3 is 9.84 Å². The molecule has 12 heavy (non-hydrogen) atoms. The number of carbonyl (C=O) groups is 1. The first-order valence-corrected chi connectivity index (χ1v) is 5.29. The van der Waals surface area contributed by atoms with Crippen LogP contribution in [-0.4, -0.2) is 42.2 Å². The molecule has 0 aromatic carbocycles. The molecule has 4 heteroatoms. The summed E-state index contributed by atoms with van der Waals surface area (Å²) in [5.74, 6) is 2.17. The highest BCUT2D eigenvalue weighted by Gasteiger charge is 2.24. The van der Waals surface area contributed by atoms with E-state index in [0.29, 0.717) is 24.7 Å². The second kappa shape index (κ2) is 5.56. The Morgan fingerprint density at radius 1 is 1.58 bits per heavy atom. The van der Waals surface area contributed by atoms with Crippen molar-refractivity contribution in [3.8, 4) is 0 Å². The largest absolute Gasteiger partial charge is 0.394 e. The molecule has 1 rings (SSSR count). The number of hydrogen-bond donors (Lipinski definition) is 1. The highest BCUT2D eigenvalue weighted by Crippen LogP contribution is 2.22. The zero-order valence-corrected chi connectivity index (χ0v) is 7.81. The van der Waals surface area contributed by atoms with Gasteiger partial charge in [-0.3, -0.25) is 4.79 Å². The normalized spacial score (nSPS) is 23.4. The zero-order chi connectivity index (χ0) is 8.81. The number of thioether (sulfide) groups is 1. The number of carbonyl (C=O) groups excluding carboxylic acids is 1. The van der Waals surface area contributed by atoms with Crippen LogP contribution in [0.25, 0.3) is 0 Å². The van der Waals surface area contributed by atoms with Crippen molar-refractivity contribution in [3.63, 3.8) is 0 Å². The monoisotopic (exact) mass is 190 g/mol. The lowest BCUT2D eigenvalue weighted by molar-refractivity contribution is -0.119. The van der Waals surface area contributed by atoms with Crippen LogP contribution < -0.4 is 0 Å². The van der Waals surface area contributed by atoms with Crippen LogP contribution in [0.3, 0.4) is 0 Å². The Kier molecular flexibility index (Phi) is 4.65.